The molecule has 2 aromatic heterocycles. The van der Waals surface area contributed by atoms with Gasteiger partial charge in [0.25, 0.3) is 10.0 Å². The van der Waals surface area contributed by atoms with Gasteiger partial charge in [-0.15, -0.1) is 0 Å². The molecule has 0 radical (unpaired) electrons. The third-order valence-electron chi connectivity index (χ3n) is 2.35. The lowest BCUT2D eigenvalue weighted by molar-refractivity contribution is 0.461. The number of halogens is 1. The summed E-state index contributed by atoms with van der Waals surface area (Å²) in [4.78, 5) is 12.0. The van der Waals surface area contributed by atoms with Crippen LogP contribution in [0.25, 0.3) is 0 Å². The van der Waals surface area contributed by atoms with E-state index in [9.17, 15) is 8.42 Å². The quantitative estimate of drug-likeness (QED) is 0.828. The molecule has 6 nitrogen and oxygen atoms in total. The van der Waals surface area contributed by atoms with Gasteiger partial charge in [0.1, 0.15) is 0 Å². The maximum Gasteiger partial charge on any atom is 0.270 e. The molecule has 0 atom stereocenters. The highest BCUT2D eigenvalue weighted by molar-refractivity contribution is 9.11. The number of aromatic nitrogens is 3. The van der Waals surface area contributed by atoms with Crippen LogP contribution in [-0.2, 0) is 16.6 Å². The van der Waals surface area contributed by atoms with Crippen molar-refractivity contribution in [3.05, 3.63) is 33.8 Å². The smallest absolute Gasteiger partial charge is 0.261 e. The number of thiazole rings is 1. The zero-order valence-corrected chi connectivity index (χ0v) is 13.5. The summed E-state index contributed by atoms with van der Waals surface area (Å²) < 4.78 is 26.6. The van der Waals surface area contributed by atoms with Crippen LogP contribution in [0.4, 0.5) is 0 Å². The van der Waals surface area contributed by atoms with Gasteiger partial charge in [0, 0.05) is 25.6 Å². The summed E-state index contributed by atoms with van der Waals surface area (Å²) >= 11 is 4.38. The zero-order chi connectivity index (χ0) is 14.0. The topological polar surface area (TPSA) is 76.1 Å². The average molecular weight is 363 g/mol. The Morgan fingerprint density at radius 3 is 2.68 bits per heavy atom. The molecule has 0 spiro atoms. The monoisotopic (exact) mass is 362 g/mol. The minimum atomic E-state index is -3.60. The molecular formula is C10H11BrN4O2S2. The predicted molar refractivity (Wildman–Crippen MR) is 75.2 cm³/mol. The number of aryl methyl sites for hydroxylation is 1. The third kappa shape index (κ3) is 3.16. The summed E-state index contributed by atoms with van der Waals surface area (Å²) in [6.45, 7) is 1.91. The molecule has 0 amide bonds. The van der Waals surface area contributed by atoms with Crippen LogP contribution in [0.5, 0.6) is 0 Å². The van der Waals surface area contributed by atoms with Crippen molar-refractivity contribution in [1.29, 1.82) is 0 Å². The van der Waals surface area contributed by atoms with E-state index in [0.717, 1.165) is 15.1 Å². The van der Waals surface area contributed by atoms with Gasteiger partial charge in [-0.05, 0) is 22.9 Å². The standard InChI is InChI=1S/C10H11BrN4O2S2/c1-7-9(11)18-10(14-7)19(16,17)15(2)6-8-5-12-3-4-13-8/h3-5H,6H2,1-2H3. The predicted octanol–water partition coefficient (Wildman–Crippen LogP) is 1.82. The maximum absolute atomic E-state index is 12.3. The third-order valence-corrected chi connectivity index (χ3v) is 6.52. The summed E-state index contributed by atoms with van der Waals surface area (Å²) in [5, 5.41) is 0. The van der Waals surface area contributed by atoms with E-state index in [2.05, 4.69) is 30.9 Å². The second kappa shape index (κ2) is 5.61. The van der Waals surface area contributed by atoms with Crippen molar-refractivity contribution in [2.24, 2.45) is 0 Å². The van der Waals surface area contributed by atoms with Crippen LogP contribution in [0, 0.1) is 6.92 Å². The lowest BCUT2D eigenvalue weighted by Gasteiger charge is -2.14. The summed E-state index contributed by atoms with van der Waals surface area (Å²) in [6.07, 6.45) is 4.61. The van der Waals surface area contributed by atoms with Gasteiger partial charge >= 0.3 is 0 Å². The molecule has 9 heteroatoms. The number of nitrogens with zero attached hydrogens (tertiary/aromatic N) is 4. The van der Waals surface area contributed by atoms with Gasteiger partial charge in [-0.3, -0.25) is 9.97 Å². The van der Waals surface area contributed by atoms with Gasteiger partial charge in [-0.25, -0.2) is 13.4 Å². The number of rotatable bonds is 4. The molecule has 102 valence electrons. The van der Waals surface area contributed by atoms with Crippen molar-refractivity contribution in [1.82, 2.24) is 19.3 Å². The Morgan fingerprint density at radius 1 is 1.42 bits per heavy atom. The molecule has 19 heavy (non-hydrogen) atoms. The number of hydrogen-bond donors (Lipinski definition) is 0. The molecule has 2 aromatic rings. The Labute approximate surface area is 123 Å². The van der Waals surface area contributed by atoms with Crippen molar-refractivity contribution in [2.45, 2.75) is 17.8 Å². The largest absolute Gasteiger partial charge is 0.270 e. The lowest BCUT2D eigenvalue weighted by Crippen LogP contribution is -2.26. The first-order valence-electron chi connectivity index (χ1n) is 5.25. The van der Waals surface area contributed by atoms with E-state index in [1.165, 1.54) is 23.7 Å². The van der Waals surface area contributed by atoms with Gasteiger partial charge in [0.05, 0.1) is 21.7 Å². The fourth-order valence-electron chi connectivity index (χ4n) is 1.32. The Morgan fingerprint density at radius 2 is 2.16 bits per heavy atom. The molecule has 0 N–H and O–H groups in total. The molecule has 0 aliphatic carbocycles. The first-order chi connectivity index (χ1) is 8.91. The highest BCUT2D eigenvalue weighted by Crippen LogP contribution is 2.29. The first kappa shape index (κ1) is 14.5. The molecule has 0 aliphatic heterocycles. The normalized spacial score (nSPS) is 12.0. The van der Waals surface area contributed by atoms with Gasteiger partial charge in [-0.1, -0.05) is 11.3 Å². The molecule has 0 aliphatic rings. The Bertz CT molecular complexity index is 653. The Kier molecular flexibility index (Phi) is 4.29. The van der Waals surface area contributed by atoms with E-state index in [1.54, 1.807) is 13.1 Å². The summed E-state index contributed by atoms with van der Waals surface area (Å²) in [5.41, 5.74) is 1.25. The van der Waals surface area contributed by atoms with Crippen LogP contribution in [0.1, 0.15) is 11.4 Å². The van der Waals surface area contributed by atoms with Crippen molar-refractivity contribution < 1.29 is 8.42 Å². The SMILES string of the molecule is Cc1nc(S(=O)(=O)N(C)Cc2cnccn2)sc1Br. The van der Waals surface area contributed by atoms with Gasteiger partial charge < -0.3 is 0 Å². The minimum Gasteiger partial charge on any atom is -0.261 e. The fraction of sp³-hybridized carbons (Fsp3) is 0.300. The molecule has 2 heterocycles. The second-order valence-corrected chi connectivity index (χ2v) is 8.33. The second-order valence-electron chi connectivity index (χ2n) is 3.80. The van der Waals surface area contributed by atoms with Crippen LogP contribution < -0.4 is 0 Å². The Balaban J connectivity index is 2.25. The average Bonchev–Trinajstić information content (AvgIpc) is 2.71. The summed E-state index contributed by atoms with van der Waals surface area (Å²) in [5.74, 6) is 0. The van der Waals surface area contributed by atoms with Crippen LogP contribution in [0.3, 0.4) is 0 Å². The van der Waals surface area contributed by atoms with E-state index in [4.69, 9.17) is 0 Å². The molecule has 0 fully saturated rings. The molecule has 0 aromatic carbocycles. The summed E-state index contributed by atoms with van der Waals surface area (Å²) in [6, 6.07) is 0. The van der Waals surface area contributed by atoms with Crippen molar-refractivity contribution in [3.63, 3.8) is 0 Å². The molecule has 0 saturated heterocycles. The van der Waals surface area contributed by atoms with Gasteiger partial charge in [0.2, 0.25) is 4.34 Å². The highest BCUT2D eigenvalue weighted by atomic mass is 79.9. The van der Waals surface area contributed by atoms with Crippen molar-refractivity contribution in [2.75, 3.05) is 7.05 Å². The van der Waals surface area contributed by atoms with E-state index < -0.39 is 10.0 Å². The molecule has 0 unspecified atom stereocenters. The number of hydrogen-bond acceptors (Lipinski definition) is 6. The van der Waals surface area contributed by atoms with Crippen molar-refractivity contribution in [3.8, 4) is 0 Å². The van der Waals surface area contributed by atoms with E-state index >= 15 is 0 Å². The summed E-state index contributed by atoms with van der Waals surface area (Å²) in [7, 11) is -2.10. The van der Waals surface area contributed by atoms with E-state index in [1.807, 2.05) is 0 Å². The molecule has 2 rings (SSSR count). The first-order valence-corrected chi connectivity index (χ1v) is 8.30. The van der Waals surface area contributed by atoms with Gasteiger partial charge in [-0.2, -0.15) is 4.31 Å². The highest BCUT2D eigenvalue weighted by Gasteiger charge is 2.25. The van der Waals surface area contributed by atoms with E-state index in [-0.39, 0.29) is 10.9 Å². The maximum atomic E-state index is 12.3. The van der Waals surface area contributed by atoms with E-state index in [0.29, 0.717) is 11.4 Å². The lowest BCUT2D eigenvalue weighted by atomic mass is 10.4. The fourth-order valence-corrected chi connectivity index (χ4v) is 4.60. The van der Waals surface area contributed by atoms with Gasteiger partial charge in [0.15, 0.2) is 0 Å². The molecular weight excluding hydrogens is 352 g/mol. The van der Waals surface area contributed by atoms with Crippen LogP contribution >= 0.6 is 27.3 Å². The molecule has 0 saturated carbocycles. The Hall–Kier alpha value is -0.900. The molecule has 0 bridgehead atoms. The van der Waals surface area contributed by atoms with Crippen LogP contribution in [0.2, 0.25) is 0 Å². The number of sulfonamides is 1. The van der Waals surface area contributed by atoms with Crippen molar-refractivity contribution >= 4 is 37.3 Å². The van der Waals surface area contributed by atoms with Crippen LogP contribution in [-0.4, -0.2) is 34.7 Å². The zero-order valence-electron chi connectivity index (χ0n) is 10.2. The van der Waals surface area contributed by atoms with Crippen LogP contribution in [0.15, 0.2) is 26.7 Å². The minimum absolute atomic E-state index is 0.0725.